The van der Waals surface area contributed by atoms with Crippen molar-refractivity contribution in [2.24, 2.45) is 5.92 Å². The van der Waals surface area contributed by atoms with Crippen molar-refractivity contribution in [1.82, 2.24) is 5.32 Å². The minimum Gasteiger partial charge on any atom is -0.444 e. The second-order valence-electron chi connectivity index (χ2n) is 5.62. The molecule has 0 aliphatic carbocycles. The van der Waals surface area contributed by atoms with E-state index in [1.54, 1.807) is 20.8 Å². The first kappa shape index (κ1) is 14.8. The second kappa shape index (κ2) is 6.60. The molecule has 102 valence electrons. The van der Waals surface area contributed by atoms with E-state index in [-0.39, 0.29) is 0 Å². The Balaban J connectivity index is 2.37. The van der Waals surface area contributed by atoms with E-state index >= 15 is 0 Å². The van der Waals surface area contributed by atoms with Crippen molar-refractivity contribution in [3.63, 3.8) is 0 Å². The van der Waals surface area contributed by atoms with Gasteiger partial charge in [0.25, 0.3) is 0 Å². The third kappa shape index (κ3) is 5.87. The van der Waals surface area contributed by atoms with E-state index in [2.05, 4.69) is 11.4 Å². The Hall–Kier alpha value is -1.28. The zero-order valence-corrected chi connectivity index (χ0v) is 11.4. The van der Waals surface area contributed by atoms with Crippen LogP contribution >= 0.6 is 0 Å². The Bertz CT molecular complexity index is 311. The minimum atomic E-state index is -0.539. The number of carbonyl (C=O) groups excluding carboxylic acids is 1. The molecule has 1 atom stereocenters. The van der Waals surface area contributed by atoms with Gasteiger partial charge in [-0.25, -0.2) is 4.79 Å². The van der Waals surface area contributed by atoms with Gasteiger partial charge < -0.3 is 14.8 Å². The lowest BCUT2D eigenvalue weighted by Gasteiger charge is -2.25. The van der Waals surface area contributed by atoms with Gasteiger partial charge in [0, 0.05) is 13.2 Å². The summed E-state index contributed by atoms with van der Waals surface area (Å²) in [6.45, 7) is 6.88. The molecule has 0 aromatic carbocycles. The normalized spacial score (nSPS) is 18.8. The number of nitriles is 1. The smallest absolute Gasteiger partial charge is 0.408 e. The Morgan fingerprint density at radius 3 is 2.61 bits per heavy atom. The lowest BCUT2D eigenvalue weighted by Crippen LogP contribution is -2.39. The first-order valence-electron chi connectivity index (χ1n) is 6.37. The molecular formula is C13H22N2O3. The first-order valence-corrected chi connectivity index (χ1v) is 6.37. The van der Waals surface area contributed by atoms with Crippen LogP contribution in [-0.2, 0) is 9.47 Å². The Labute approximate surface area is 108 Å². The monoisotopic (exact) mass is 254 g/mol. The van der Waals surface area contributed by atoms with Crippen LogP contribution in [0.15, 0.2) is 0 Å². The third-order valence-electron chi connectivity index (χ3n) is 2.76. The summed E-state index contributed by atoms with van der Waals surface area (Å²) < 4.78 is 10.4. The maximum atomic E-state index is 11.6. The minimum absolute atomic E-state index is 0.443. The molecule has 5 nitrogen and oxygen atoms in total. The van der Waals surface area contributed by atoms with Crippen LogP contribution in [0.3, 0.4) is 0 Å². The standard InChI is InChI=1S/C13H22N2O3/c1-13(2,3)18-12(16)15-11(9-14)8-10-4-6-17-7-5-10/h10-11H,4-8H2,1-3H3,(H,15,16)/t11-/m0/s1. The molecule has 1 amide bonds. The van der Waals surface area contributed by atoms with Crippen LogP contribution < -0.4 is 5.32 Å². The van der Waals surface area contributed by atoms with Crippen LogP contribution in [-0.4, -0.2) is 30.9 Å². The Morgan fingerprint density at radius 2 is 2.11 bits per heavy atom. The summed E-state index contributed by atoms with van der Waals surface area (Å²) in [6.07, 6.45) is 2.04. The number of nitrogens with zero attached hydrogens (tertiary/aromatic N) is 1. The zero-order valence-electron chi connectivity index (χ0n) is 11.4. The van der Waals surface area contributed by atoms with Gasteiger partial charge in [-0.2, -0.15) is 5.26 Å². The van der Waals surface area contributed by atoms with E-state index in [4.69, 9.17) is 14.7 Å². The van der Waals surface area contributed by atoms with Crippen molar-refractivity contribution in [2.75, 3.05) is 13.2 Å². The predicted molar refractivity (Wildman–Crippen MR) is 66.9 cm³/mol. The molecule has 1 rings (SSSR count). The quantitative estimate of drug-likeness (QED) is 0.838. The number of amides is 1. The van der Waals surface area contributed by atoms with Crippen molar-refractivity contribution < 1.29 is 14.3 Å². The molecule has 1 heterocycles. The number of hydrogen-bond acceptors (Lipinski definition) is 4. The number of nitrogens with one attached hydrogen (secondary N) is 1. The molecule has 1 aliphatic rings. The molecule has 18 heavy (non-hydrogen) atoms. The maximum Gasteiger partial charge on any atom is 0.408 e. The molecule has 5 heteroatoms. The fourth-order valence-corrected chi connectivity index (χ4v) is 1.91. The largest absolute Gasteiger partial charge is 0.444 e. The van der Waals surface area contributed by atoms with E-state index in [1.165, 1.54) is 0 Å². The van der Waals surface area contributed by atoms with Crippen molar-refractivity contribution in [3.05, 3.63) is 0 Å². The van der Waals surface area contributed by atoms with Gasteiger partial charge >= 0.3 is 6.09 Å². The highest BCUT2D eigenvalue weighted by atomic mass is 16.6. The van der Waals surface area contributed by atoms with Crippen molar-refractivity contribution in [3.8, 4) is 6.07 Å². The van der Waals surface area contributed by atoms with E-state index < -0.39 is 17.7 Å². The van der Waals surface area contributed by atoms with E-state index in [0.29, 0.717) is 12.3 Å². The van der Waals surface area contributed by atoms with Gasteiger partial charge in [0.1, 0.15) is 11.6 Å². The van der Waals surface area contributed by atoms with Gasteiger partial charge in [0.2, 0.25) is 0 Å². The second-order valence-corrected chi connectivity index (χ2v) is 5.62. The van der Waals surface area contributed by atoms with E-state index in [0.717, 1.165) is 26.1 Å². The average Bonchev–Trinajstić information content (AvgIpc) is 2.27. The number of rotatable bonds is 3. The lowest BCUT2D eigenvalue weighted by atomic mass is 9.93. The predicted octanol–water partition coefficient (Wildman–Crippen LogP) is 2.22. The third-order valence-corrected chi connectivity index (χ3v) is 2.76. The van der Waals surface area contributed by atoms with Gasteiger partial charge in [-0.05, 0) is 46.0 Å². The number of hydrogen-bond donors (Lipinski definition) is 1. The molecule has 0 aromatic rings. The molecule has 1 N–H and O–H groups in total. The summed E-state index contributed by atoms with van der Waals surface area (Å²) in [5, 5.41) is 11.7. The zero-order chi connectivity index (χ0) is 13.6. The summed E-state index contributed by atoms with van der Waals surface area (Å²) in [5.74, 6) is 0.443. The van der Waals surface area contributed by atoms with Gasteiger partial charge in [0.05, 0.1) is 6.07 Å². The molecule has 0 spiro atoms. The molecule has 0 aromatic heterocycles. The summed E-state index contributed by atoms with van der Waals surface area (Å²) in [4.78, 5) is 11.6. The van der Waals surface area contributed by atoms with Crippen LogP contribution in [0.2, 0.25) is 0 Å². The molecular weight excluding hydrogens is 232 g/mol. The van der Waals surface area contributed by atoms with Gasteiger partial charge in [0.15, 0.2) is 0 Å². The van der Waals surface area contributed by atoms with Crippen LogP contribution in [0, 0.1) is 17.2 Å². The molecule has 0 radical (unpaired) electrons. The molecule has 0 bridgehead atoms. The molecule has 0 unspecified atom stereocenters. The highest BCUT2D eigenvalue weighted by Crippen LogP contribution is 2.20. The highest BCUT2D eigenvalue weighted by molar-refractivity contribution is 5.68. The van der Waals surface area contributed by atoms with E-state index in [9.17, 15) is 4.79 Å². The molecule has 1 aliphatic heterocycles. The average molecular weight is 254 g/mol. The van der Waals surface area contributed by atoms with Crippen molar-refractivity contribution in [1.29, 1.82) is 5.26 Å². The van der Waals surface area contributed by atoms with Crippen molar-refractivity contribution >= 4 is 6.09 Å². The van der Waals surface area contributed by atoms with Gasteiger partial charge in [-0.1, -0.05) is 0 Å². The van der Waals surface area contributed by atoms with Gasteiger partial charge in [-0.15, -0.1) is 0 Å². The Kier molecular flexibility index (Phi) is 5.42. The van der Waals surface area contributed by atoms with Crippen LogP contribution in [0.4, 0.5) is 4.79 Å². The fourth-order valence-electron chi connectivity index (χ4n) is 1.91. The molecule has 1 fully saturated rings. The number of ether oxygens (including phenoxy) is 2. The van der Waals surface area contributed by atoms with Gasteiger partial charge in [-0.3, -0.25) is 0 Å². The van der Waals surface area contributed by atoms with Crippen LogP contribution in [0.25, 0.3) is 0 Å². The summed E-state index contributed by atoms with van der Waals surface area (Å²) in [6, 6.07) is 1.63. The Morgan fingerprint density at radius 1 is 1.50 bits per heavy atom. The van der Waals surface area contributed by atoms with Crippen molar-refractivity contribution in [2.45, 2.75) is 51.7 Å². The molecule has 0 saturated carbocycles. The van der Waals surface area contributed by atoms with Crippen LogP contribution in [0.1, 0.15) is 40.0 Å². The van der Waals surface area contributed by atoms with E-state index in [1.807, 2.05) is 0 Å². The summed E-state index contributed by atoms with van der Waals surface area (Å²) in [7, 11) is 0. The summed E-state index contributed by atoms with van der Waals surface area (Å²) in [5.41, 5.74) is -0.539. The maximum absolute atomic E-state index is 11.6. The topological polar surface area (TPSA) is 71.3 Å². The number of carbonyl (C=O) groups is 1. The lowest BCUT2D eigenvalue weighted by molar-refractivity contribution is 0.0475. The van der Waals surface area contributed by atoms with Crippen LogP contribution in [0.5, 0.6) is 0 Å². The SMILES string of the molecule is CC(C)(C)OC(=O)N[C@H](C#N)CC1CCOCC1. The number of alkyl carbamates (subject to hydrolysis) is 1. The molecule has 1 saturated heterocycles. The first-order chi connectivity index (χ1) is 8.40. The fraction of sp³-hybridized carbons (Fsp3) is 0.846. The highest BCUT2D eigenvalue weighted by Gasteiger charge is 2.23. The summed E-state index contributed by atoms with van der Waals surface area (Å²) >= 11 is 0.